The van der Waals surface area contributed by atoms with Crippen LogP contribution in [0.2, 0.25) is 18.1 Å². The first-order valence-electron chi connectivity index (χ1n) is 15.1. The van der Waals surface area contributed by atoms with E-state index in [0.29, 0.717) is 11.8 Å². The molecule has 3 rings (SSSR count). The lowest BCUT2D eigenvalue weighted by molar-refractivity contribution is 0.00578. The van der Waals surface area contributed by atoms with Gasteiger partial charge < -0.3 is 13.7 Å². The van der Waals surface area contributed by atoms with Crippen molar-refractivity contribution < 1.29 is 13.7 Å². The first-order chi connectivity index (χ1) is 17.3. The van der Waals surface area contributed by atoms with Crippen LogP contribution in [0.25, 0.3) is 0 Å². The van der Waals surface area contributed by atoms with Crippen LogP contribution in [0.1, 0.15) is 118 Å². The molecule has 5 heteroatoms. The molecule has 1 saturated heterocycles. The minimum Gasteiger partial charge on any atom is -0.412 e. The Bertz CT molecular complexity index is 894. The highest BCUT2D eigenvalue weighted by molar-refractivity contribution is 6.73. The van der Waals surface area contributed by atoms with Gasteiger partial charge in [0.25, 0.3) is 0 Å². The van der Waals surface area contributed by atoms with Crippen LogP contribution < -0.4 is 0 Å². The molecule has 0 amide bonds. The fraction of sp³-hybridized carbons (Fsp3) is 0.750. The summed E-state index contributed by atoms with van der Waals surface area (Å²) < 4.78 is 19.4. The van der Waals surface area contributed by atoms with Crippen LogP contribution in [-0.4, -0.2) is 32.2 Å². The molecule has 37 heavy (non-hydrogen) atoms. The predicted molar refractivity (Wildman–Crippen MR) is 162 cm³/mol. The Balaban J connectivity index is 1.63. The molecule has 2 aliphatic rings. The summed E-state index contributed by atoms with van der Waals surface area (Å²) in [6.45, 7) is 22.5. The molecule has 2 atom stereocenters. The summed E-state index contributed by atoms with van der Waals surface area (Å²) in [5, 5.41) is 0. The SMILES string of the molecule is CC[Si](CC)(CC)OC(C)(C)CCCc1cccc([C@H]2CCC/C(=C\B3OC(C)(C)C(C)(C)O3)[C@@H]2C)c1. The molecule has 0 bridgehead atoms. The van der Waals surface area contributed by atoms with E-state index in [1.54, 1.807) is 0 Å². The third-order valence-electron chi connectivity index (χ3n) is 9.84. The zero-order valence-electron chi connectivity index (χ0n) is 25.7. The van der Waals surface area contributed by atoms with Gasteiger partial charge in [-0.05, 0) is 121 Å². The summed E-state index contributed by atoms with van der Waals surface area (Å²) in [5.41, 5.74) is 3.86. The van der Waals surface area contributed by atoms with E-state index in [4.69, 9.17) is 13.7 Å². The Morgan fingerprint density at radius 3 is 2.27 bits per heavy atom. The zero-order chi connectivity index (χ0) is 27.5. The normalized spacial score (nSPS) is 25.1. The van der Waals surface area contributed by atoms with Gasteiger partial charge in [-0.15, -0.1) is 0 Å². The molecule has 2 fully saturated rings. The monoisotopic (exact) mass is 526 g/mol. The van der Waals surface area contributed by atoms with Gasteiger partial charge in [0.1, 0.15) is 0 Å². The third-order valence-corrected chi connectivity index (χ3v) is 14.7. The van der Waals surface area contributed by atoms with E-state index in [0.717, 1.165) is 19.3 Å². The van der Waals surface area contributed by atoms with Crippen molar-refractivity contribution in [2.75, 3.05) is 0 Å². The van der Waals surface area contributed by atoms with Gasteiger partial charge >= 0.3 is 7.12 Å². The smallest absolute Gasteiger partial charge is 0.412 e. The standard InChI is InChI=1S/C32H55BO3Si/c1-11-37(12-2,13-3)36-30(5,6)22-16-18-26-17-14-19-27(23-26)29-21-15-20-28(25(29)4)24-33-34-31(7,8)32(9,10)35-33/h14,17,19,23-25,29H,11-13,15-16,18,20-22H2,1-10H3/b28-24+/t25-,29-/m0/s1. The van der Waals surface area contributed by atoms with Crippen molar-refractivity contribution in [3.05, 3.63) is 46.9 Å². The van der Waals surface area contributed by atoms with Crippen molar-refractivity contribution in [2.45, 2.75) is 149 Å². The molecular weight excluding hydrogens is 471 g/mol. The molecule has 1 aliphatic carbocycles. The minimum absolute atomic E-state index is 0.0308. The molecule has 1 aromatic carbocycles. The number of hydrogen-bond acceptors (Lipinski definition) is 3. The van der Waals surface area contributed by atoms with E-state index in [1.807, 2.05) is 0 Å². The molecule has 0 N–H and O–H groups in total. The Hall–Kier alpha value is -0.878. The number of rotatable bonds is 11. The third kappa shape index (κ3) is 7.41. The zero-order valence-corrected chi connectivity index (χ0v) is 26.7. The van der Waals surface area contributed by atoms with Gasteiger partial charge in [-0.1, -0.05) is 63.5 Å². The fourth-order valence-electron chi connectivity index (χ4n) is 6.39. The molecule has 208 valence electrons. The second-order valence-corrected chi connectivity index (χ2v) is 18.0. The summed E-state index contributed by atoms with van der Waals surface area (Å²) in [4.78, 5) is 0. The molecule has 1 heterocycles. The fourth-order valence-corrected chi connectivity index (χ4v) is 9.59. The maximum Gasteiger partial charge on any atom is 0.487 e. The predicted octanol–water partition coefficient (Wildman–Crippen LogP) is 9.27. The van der Waals surface area contributed by atoms with Crippen LogP contribution in [0.4, 0.5) is 0 Å². The van der Waals surface area contributed by atoms with Gasteiger partial charge in [-0.3, -0.25) is 0 Å². The Kier molecular flexibility index (Phi) is 10.0. The van der Waals surface area contributed by atoms with Crippen molar-refractivity contribution in [2.24, 2.45) is 5.92 Å². The highest BCUT2D eigenvalue weighted by Gasteiger charge is 2.50. The van der Waals surface area contributed by atoms with Gasteiger partial charge in [0.15, 0.2) is 8.32 Å². The second kappa shape index (κ2) is 12.1. The Morgan fingerprint density at radius 1 is 1.05 bits per heavy atom. The molecule has 0 unspecified atom stereocenters. The number of hydrogen-bond donors (Lipinski definition) is 0. The number of allylic oxidation sites excluding steroid dienone is 1. The van der Waals surface area contributed by atoms with Crippen molar-refractivity contribution in [3.63, 3.8) is 0 Å². The topological polar surface area (TPSA) is 27.7 Å². The van der Waals surface area contributed by atoms with Gasteiger partial charge in [-0.2, -0.15) is 0 Å². The van der Waals surface area contributed by atoms with Crippen LogP contribution >= 0.6 is 0 Å². The van der Waals surface area contributed by atoms with E-state index >= 15 is 0 Å². The van der Waals surface area contributed by atoms with Gasteiger partial charge in [-0.25, -0.2) is 0 Å². The van der Waals surface area contributed by atoms with Crippen molar-refractivity contribution in [3.8, 4) is 0 Å². The summed E-state index contributed by atoms with van der Waals surface area (Å²) >= 11 is 0. The van der Waals surface area contributed by atoms with Gasteiger partial charge in [0.2, 0.25) is 0 Å². The van der Waals surface area contributed by atoms with Gasteiger partial charge in [0.05, 0.1) is 16.8 Å². The van der Waals surface area contributed by atoms with Crippen LogP contribution in [0.15, 0.2) is 35.8 Å². The molecule has 1 aliphatic heterocycles. The van der Waals surface area contributed by atoms with E-state index in [1.165, 1.54) is 54.1 Å². The highest BCUT2D eigenvalue weighted by atomic mass is 28.4. The first kappa shape index (κ1) is 30.7. The summed E-state index contributed by atoms with van der Waals surface area (Å²) in [7, 11) is -1.82. The van der Waals surface area contributed by atoms with Crippen molar-refractivity contribution in [1.29, 1.82) is 0 Å². The molecular formula is C32H55BO3Si. The highest BCUT2D eigenvalue weighted by Crippen LogP contribution is 2.43. The van der Waals surface area contributed by atoms with E-state index < -0.39 is 8.32 Å². The molecule has 1 aromatic rings. The average Bonchev–Trinajstić information content (AvgIpc) is 3.04. The van der Waals surface area contributed by atoms with Crippen LogP contribution in [0.3, 0.4) is 0 Å². The van der Waals surface area contributed by atoms with Gasteiger partial charge in [0, 0.05) is 0 Å². The number of aryl methyl sites for hydroxylation is 1. The van der Waals surface area contributed by atoms with Crippen LogP contribution in [-0.2, 0) is 20.2 Å². The largest absolute Gasteiger partial charge is 0.487 e. The molecule has 0 radical (unpaired) electrons. The lowest BCUT2D eigenvalue weighted by Gasteiger charge is -2.38. The molecule has 0 spiro atoms. The summed E-state index contributed by atoms with van der Waals surface area (Å²) in [5.74, 6) is 3.35. The minimum atomic E-state index is -1.58. The molecule has 3 nitrogen and oxygen atoms in total. The molecule has 1 saturated carbocycles. The Labute approximate surface area is 230 Å². The Morgan fingerprint density at radius 2 is 1.68 bits per heavy atom. The maximum absolute atomic E-state index is 6.85. The number of benzene rings is 1. The van der Waals surface area contributed by atoms with E-state index in [2.05, 4.69) is 99.5 Å². The first-order valence-corrected chi connectivity index (χ1v) is 17.6. The summed E-state index contributed by atoms with van der Waals surface area (Å²) in [6.07, 6.45) is 7.04. The quantitative estimate of drug-likeness (QED) is 0.269. The lowest BCUT2D eigenvalue weighted by Crippen LogP contribution is -2.44. The maximum atomic E-state index is 6.85. The van der Waals surface area contributed by atoms with E-state index in [9.17, 15) is 0 Å². The average molecular weight is 527 g/mol. The van der Waals surface area contributed by atoms with E-state index in [-0.39, 0.29) is 23.9 Å². The lowest BCUT2D eigenvalue weighted by atomic mass is 9.70. The molecule has 0 aromatic heterocycles. The second-order valence-electron chi connectivity index (χ2n) is 13.4. The summed E-state index contributed by atoms with van der Waals surface area (Å²) in [6, 6.07) is 13.1. The van der Waals surface area contributed by atoms with Crippen LogP contribution in [0.5, 0.6) is 0 Å². The van der Waals surface area contributed by atoms with Crippen molar-refractivity contribution in [1.82, 2.24) is 0 Å². The van der Waals surface area contributed by atoms with Crippen molar-refractivity contribution >= 4 is 15.4 Å². The van der Waals surface area contributed by atoms with Crippen LogP contribution in [0, 0.1) is 5.92 Å².